The van der Waals surface area contributed by atoms with E-state index >= 15 is 0 Å². The van der Waals surface area contributed by atoms with Crippen LogP contribution in [0.25, 0.3) is 22.6 Å². The molecule has 5 rings (SSSR count). The third-order valence-corrected chi connectivity index (χ3v) is 7.43. The van der Waals surface area contributed by atoms with Crippen molar-refractivity contribution in [2.75, 3.05) is 38.3 Å². The van der Waals surface area contributed by atoms with Crippen LogP contribution in [-0.2, 0) is 16.1 Å². The van der Waals surface area contributed by atoms with Crippen molar-refractivity contribution in [3.05, 3.63) is 69.0 Å². The zero-order chi connectivity index (χ0) is 28.9. The first-order valence-electron chi connectivity index (χ1n) is 12.2. The number of carboxylic acid groups (broad SMARTS) is 1. The van der Waals surface area contributed by atoms with E-state index in [2.05, 4.69) is 15.0 Å². The van der Waals surface area contributed by atoms with Gasteiger partial charge in [0, 0.05) is 29.9 Å². The number of rotatable bonds is 8. The maximum absolute atomic E-state index is 12.0. The SMILES string of the molecule is COC(=O)c1cc(C#N)c(COc2nc(-c3ccc(N4CCOCC4)cc3)cc(-c3oncc3C(=O)O)c2C#N)s1. The molecule has 41 heavy (non-hydrogen) atoms. The van der Waals surface area contributed by atoms with Crippen LogP contribution >= 0.6 is 11.3 Å². The number of hydrogen-bond acceptors (Lipinski definition) is 12. The van der Waals surface area contributed by atoms with E-state index in [0.29, 0.717) is 29.3 Å². The molecule has 0 radical (unpaired) electrons. The third kappa shape index (κ3) is 5.58. The van der Waals surface area contributed by atoms with E-state index in [4.69, 9.17) is 18.7 Å². The van der Waals surface area contributed by atoms with E-state index in [9.17, 15) is 25.2 Å². The highest BCUT2D eigenvalue weighted by Gasteiger charge is 2.25. The normalized spacial score (nSPS) is 12.8. The lowest BCUT2D eigenvalue weighted by atomic mass is 10.0. The van der Waals surface area contributed by atoms with Crippen molar-refractivity contribution in [3.63, 3.8) is 0 Å². The van der Waals surface area contributed by atoms with E-state index in [1.807, 2.05) is 36.4 Å². The van der Waals surface area contributed by atoms with Gasteiger partial charge in [-0.25, -0.2) is 14.6 Å². The highest BCUT2D eigenvalue weighted by molar-refractivity contribution is 7.14. The van der Waals surface area contributed by atoms with Gasteiger partial charge in [0.25, 0.3) is 0 Å². The molecule has 4 aromatic rings. The fourth-order valence-corrected chi connectivity index (χ4v) is 5.22. The van der Waals surface area contributed by atoms with Crippen molar-refractivity contribution < 1.29 is 33.4 Å². The Kier molecular flexibility index (Phi) is 7.92. The number of carboxylic acids is 1. The van der Waals surface area contributed by atoms with Gasteiger partial charge in [0.2, 0.25) is 5.88 Å². The second-order valence-corrected chi connectivity index (χ2v) is 9.84. The topological polar surface area (TPSA) is 172 Å². The maximum Gasteiger partial charge on any atom is 0.348 e. The Bertz CT molecular complexity index is 1690. The summed E-state index contributed by atoms with van der Waals surface area (Å²) in [7, 11) is 1.24. The van der Waals surface area contributed by atoms with E-state index in [1.165, 1.54) is 13.2 Å². The quantitative estimate of drug-likeness (QED) is 0.300. The molecule has 206 valence electrons. The predicted molar refractivity (Wildman–Crippen MR) is 145 cm³/mol. The fraction of sp³-hybridized carbons (Fsp3) is 0.214. The van der Waals surface area contributed by atoms with Gasteiger partial charge in [-0.05, 0) is 24.3 Å². The molecule has 1 aliphatic heterocycles. The van der Waals surface area contributed by atoms with E-state index in [0.717, 1.165) is 36.3 Å². The average Bonchev–Trinajstić information content (AvgIpc) is 3.67. The second kappa shape index (κ2) is 11.9. The molecule has 4 heterocycles. The number of esters is 1. The van der Waals surface area contributed by atoms with Gasteiger partial charge in [0.1, 0.15) is 34.7 Å². The van der Waals surface area contributed by atoms with Gasteiger partial charge in [-0.15, -0.1) is 11.3 Å². The molecule has 12 nitrogen and oxygen atoms in total. The summed E-state index contributed by atoms with van der Waals surface area (Å²) in [5.74, 6) is -2.12. The summed E-state index contributed by atoms with van der Waals surface area (Å²) in [5.41, 5.74) is 2.09. The van der Waals surface area contributed by atoms with E-state index in [-0.39, 0.29) is 45.4 Å². The van der Waals surface area contributed by atoms with Crippen molar-refractivity contribution in [1.82, 2.24) is 10.1 Å². The van der Waals surface area contributed by atoms with Gasteiger partial charge >= 0.3 is 11.9 Å². The number of morpholine rings is 1. The molecular weight excluding hydrogens is 550 g/mol. The van der Waals surface area contributed by atoms with Crippen molar-refractivity contribution in [2.24, 2.45) is 0 Å². The van der Waals surface area contributed by atoms with Crippen molar-refractivity contribution in [2.45, 2.75) is 6.61 Å². The number of benzene rings is 1. The van der Waals surface area contributed by atoms with E-state index < -0.39 is 11.9 Å². The number of ether oxygens (including phenoxy) is 3. The number of aromatic nitrogens is 2. The minimum atomic E-state index is -1.28. The number of hydrogen-bond donors (Lipinski definition) is 1. The fourth-order valence-electron chi connectivity index (χ4n) is 4.28. The lowest BCUT2D eigenvalue weighted by Crippen LogP contribution is -2.36. The molecule has 1 N–H and O–H groups in total. The Labute approximate surface area is 237 Å². The first-order valence-corrected chi connectivity index (χ1v) is 13.1. The maximum atomic E-state index is 12.0. The van der Waals surface area contributed by atoms with Crippen LogP contribution in [0.5, 0.6) is 5.88 Å². The van der Waals surface area contributed by atoms with Gasteiger partial charge in [0.15, 0.2) is 5.76 Å². The zero-order valence-corrected chi connectivity index (χ0v) is 22.4. The molecule has 1 fully saturated rings. The van der Waals surface area contributed by atoms with Crippen LogP contribution < -0.4 is 9.64 Å². The van der Waals surface area contributed by atoms with Crippen LogP contribution in [0.2, 0.25) is 0 Å². The molecule has 1 saturated heterocycles. The number of pyridine rings is 1. The molecule has 0 unspecified atom stereocenters. The molecule has 0 bridgehead atoms. The molecule has 13 heteroatoms. The number of carbonyl (C=O) groups is 2. The Morgan fingerprint density at radius 1 is 1.15 bits per heavy atom. The lowest BCUT2D eigenvalue weighted by Gasteiger charge is -2.28. The van der Waals surface area contributed by atoms with Crippen LogP contribution in [0.15, 0.2) is 47.1 Å². The molecule has 0 spiro atoms. The molecular formula is C28H21N5O7S. The zero-order valence-electron chi connectivity index (χ0n) is 21.6. The molecule has 0 saturated carbocycles. The first-order chi connectivity index (χ1) is 19.9. The smallest absolute Gasteiger partial charge is 0.348 e. The number of methoxy groups -OCH3 is 1. The van der Waals surface area contributed by atoms with Crippen molar-refractivity contribution in [1.29, 1.82) is 10.5 Å². The summed E-state index contributed by atoms with van der Waals surface area (Å²) in [4.78, 5) is 31.2. The minimum absolute atomic E-state index is 0.0822. The number of nitriles is 2. The van der Waals surface area contributed by atoms with Crippen molar-refractivity contribution in [3.8, 4) is 40.6 Å². The monoisotopic (exact) mass is 571 g/mol. The molecule has 1 aliphatic rings. The molecule has 0 amide bonds. The summed E-state index contributed by atoms with van der Waals surface area (Å²) in [6.07, 6.45) is 1.05. The highest BCUT2D eigenvalue weighted by atomic mass is 32.1. The number of aromatic carboxylic acids is 1. The van der Waals surface area contributed by atoms with Crippen LogP contribution in [-0.4, -0.2) is 60.6 Å². The van der Waals surface area contributed by atoms with E-state index in [1.54, 1.807) is 6.07 Å². The van der Waals surface area contributed by atoms with Crippen LogP contribution in [0.3, 0.4) is 0 Å². The highest BCUT2D eigenvalue weighted by Crippen LogP contribution is 2.36. The van der Waals surface area contributed by atoms with Crippen molar-refractivity contribution >= 4 is 29.0 Å². The van der Waals surface area contributed by atoms with Crippen LogP contribution in [0, 0.1) is 22.7 Å². The standard InChI is InChI=1S/C28H21N5O7S/c1-37-28(36)23-10-17(12-29)24(41-23)15-39-26-20(13-30)19(25-21(27(34)35)14-31-40-25)11-22(32-26)16-2-4-18(5-3-16)33-6-8-38-9-7-33/h2-5,10-11,14H,6-9,15H2,1H3,(H,34,35). The minimum Gasteiger partial charge on any atom is -0.477 e. The van der Waals surface area contributed by atoms with Crippen LogP contribution in [0.4, 0.5) is 5.69 Å². The Morgan fingerprint density at radius 3 is 2.56 bits per heavy atom. The van der Waals surface area contributed by atoms with Gasteiger partial charge < -0.3 is 28.7 Å². The van der Waals surface area contributed by atoms with Gasteiger partial charge in [-0.2, -0.15) is 10.5 Å². The molecule has 0 atom stereocenters. The third-order valence-electron chi connectivity index (χ3n) is 6.34. The molecule has 1 aromatic carbocycles. The van der Waals surface area contributed by atoms with Crippen LogP contribution in [0.1, 0.15) is 36.0 Å². The Balaban J connectivity index is 1.56. The van der Waals surface area contributed by atoms with Gasteiger partial charge in [-0.1, -0.05) is 17.3 Å². The largest absolute Gasteiger partial charge is 0.477 e. The average molecular weight is 572 g/mol. The lowest BCUT2D eigenvalue weighted by molar-refractivity contribution is 0.0605. The number of nitrogens with zero attached hydrogens (tertiary/aromatic N) is 5. The molecule has 3 aromatic heterocycles. The summed E-state index contributed by atoms with van der Waals surface area (Å²) >= 11 is 1.02. The second-order valence-electron chi connectivity index (χ2n) is 8.71. The summed E-state index contributed by atoms with van der Waals surface area (Å²) < 4.78 is 21.4. The number of thiophene rings is 1. The summed E-state index contributed by atoms with van der Waals surface area (Å²) in [6, 6.07) is 14.6. The Morgan fingerprint density at radius 2 is 1.90 bits per heavy atom. The summed E-state index contributed by atoms with van der Waals surface area (Å²) in [6.45, 7) is 2.64. The van der Waals surface area contributed by atoms with Gasteiger partial charge in [0.05, 0.1) is 42.7 Å². The number of anilines is 1. The first kappa shape index (κ1) is 27.3. The number of carbonyl (C=O) groups excluding carboxylic acids is 1. The van der Waals surface area contributed by atoms with Gasteiger partial charge in [-0.3, -0.25) is 0 Å². The predicted octanol–water partition coefficient (Wildman–Crippen LogP) is 4.11. The molecule has 0 aliphatic carbocycles. The summed E-state index contributed by atoms with van der Waals surface area (Å²) in [5, 5.41) is 32.9. The Hall–Kier alpha value is -5.24.